The second kappa shape index (κ2) is 7.04. The molecule has 0 unspecified atom stereocenters. The fraction of sp³-hybridized carbons (Fsp3) is 0.294. The standard InChI is InChI=1S/C17H19N3O2/c21-17(19-14-6-9-18-10-7-14)20-15-8-11-22-16(12-15)13-4-2-1-3-5-13/h1-7,9-10,15-16H,8,11-12H2,(H2,18,19,20,21)/t15-,16+/m1/s1. The lowest BCUT2D eigenvalue weighted by Crippen LogP contribution is -2.42. The topological polar surface area (TPSA) is 63.2 Å². The Hall–Kier alpha value is -2.40. The molecule has 0 bridgehead atoms. The van der Waals surface area contributed by atoms with Crippen molar-refractivity contribution in [2.24, 2.45) is 0 Å². The number of urea groups is 1. The zero-order chi connectivity index (χ0) is 15.2. The summed E-state index contributed by atoms with van der Waals surface area (Å²) >= 11 is 0. The van der Waals surface area contributed by atoms with Crippen molar-refractivity contribution in [1.29, 1.82) is 0 Å². The van der Waals surface area contributed by atoms with Crippen molar-refractivity contribution in [2.45, 2.75) is 25.0 Å². The summed E-state index contributed by atoms with van der Waals surface area (Å²) < 4.78 is 5.81. The van der Waals surface area contributed by atoms with Crippen LogP contribution in [-0.4, -0.2) is 23.7 Å². The molecular formula is C17H19N3O2. The van der Waals surface area contributed by atoms with Gasteiger partial charge >= 0.3 is 6.03 Å². The molecule has 5 heteroatoms. The van der Waals surface area contributed by atoms with E-state index in [0.717, 1.165) is 24.1 Å². The van der Waals surface area contributed by atoms with Crippen molar-refractivity contribution in [2.75, 3.05) is 11.9 Å². The maximum absolute atomic E-state index is 12.0. The predicted molar refractivity (Wildman–Crippen MR) is 84.5 cm³/mol. The van der Waals surface area contributed by atoms with E-state index in [0.29, 0.717) is 6.61 Å². The summed E-state index contributed by atoms with van der Waals surface area (Å²) in [6.07, 6.45) is 4.95. The van der Waals surface area contributed by atoms with Crippen LogP contribution in [0.3, 0.4) is 0 Å². The van der Waals surface area contributed by atoms with E-state index in [1.54, 1.807) is 24.5 Å². The van der Waals surface area contributed by atoms with Crippen molar-refractivity contribution >= 4 is 11.7 Å². The highest BCUT2D eigenvalue weighted by Gasteiger charge is 2.24. The first-order valence-electron chi connectivity index (χ1n) is 7.45. The third-order valence-corrected chi connectivity index (χ3v) is 3.73. The van der Waals surface area contributed by atoms with Gasteiger partial charge in [0.2, 0.25) is 0 Å². The normalized spacial score (nSPS) is 21.1. The Morgan fingerprint density at radius 2 is 1.91 bits per heavy atom. The number of rotatable bonds is 3. The van der Waals surface area contributed by atoms with E-state index < -0.39 is 0 Å². The van der Waals surface area contributed by atoms with Crippen LogP contribution in [0.1, 0.15) is 24.5 Å². The molecule has 2 amide bonds. The maximum atomic E-state index is 12.0. The molecule has 1 saturated heterocycles. The lowest BCUT2D eigenvalue weighted by molar-refractivity contribution is 0.00254. The van der Waals surface area contributed by atoms with Gasteiger partial charge in [0.1, 0.15) is 0 Å². The molecule has 2 N–H and O–H groups in total. The summed E-state index contributed by atoms with van der Waals surface area (Å²) in [6, 6.07) is 13.6. The zero-order valence-electron chi connectivity index (χ0n) is 12.2. The highest BCUT2D eigenvalue weighted by molar-refractivity contribution is 5.89. The first kappa shape index (κ1) is 14.5. The van der Waals surface area contributed by atoms with Crippen molar-refractivity contribution in [1.82, 2.24) is 10.3 Å². The number of pyridine rings is 1. The Balaban J connectivity index is 1.55. The van der Waals surface area contributed by atoms with Gasteiger partial charge in [0.05, 0.1) is 6.10 Å². The fourth-order valence-corrected chi connectivity index (χ4v) is 2.62. The summed E-state index contributed by atoms with van der Waals surface area (Å²) in [5.41, 5.74) is 1.89. The van der Waals surface area contributed by atoms with Gasteiger partial charge in [-0.25, -0.2) is 4.79 Å². The molecule has 5 nitrogen and oxygen atoms in total. The van der Waals surface area contributed by atoms with Crippen LogP contribution in [0.2, 0.25) is 0 Å². The molecule has 1 aliphatic heterocycles. The molecule has 3 rings (SSSR count). The Kier molecular flexibility index (Phi) is 4.65. The largest absolute Gasteiger partial charge is 0.373 e. The number of hydrogen-bond acceptors (Lipinski definition) is 3. The van der Waals surface area contributed by atoms with Gasteiger partial charge in [-0.3, -0.25) is 4.98 Å². The van der Waals surface area contributed by atoms with Crippen LogP contribution >= 0.6 is 0 Å². The third-order valence-electron chi connectivity index (χ3n) is 3.73. The minimum atomic E-state index is -0.190. The minimum Gasteiger partial charge on any atom is -0.373 e. The molecule has 0 spiro atoms. The Bertz CT molecular complexity index is 604. The molecule has 0 aliphatic carbocycles. The molecule has 22 heavy (non-hydrogen) atoms. The van der Waals surface area contributed by atoms with E-state index >= 15 is 0 Å². The van der Waals surface area contributed by atoms with Gasteiger partial charge in [-0.1, -0.05) is 30.3 Å². The lowest BCUT2D eigenvalue weighted by Gasteiger charge is -2.30. The van der Waals surface area contributed by atoms with Crippen molar-refractivity contribution in [3.63, 3.8) is 0 Å². The number of aromatic nitrogens is 1. The molecule has 1 fully saturated rings. The van der Waals surface area contributed by atoms with Crippen LogP contribution < -0.4 is 10.6 Å². The summed E-state index contributed by atoms with van der Waals surface area (Å²) in [6.45, 7) is 0.653. The third kappa shape index (κ3) is 3.83. The molecule has 0 saturated carbocycles. The van der Waals surface area contributed by atoms with Gasteiger partial charge in [0.25, 0.3) is 0 Å². The number of nitrogens with zero attached hydrogens (tertiary/aromatic N) is 1. The number of anilines is 1. The van der Waals surface area contributed by atoms with E-state index in [-0.39, 0.29) is 18.2 Å². The predicted octanol–water partition coefficient (Wildman–Crippen LogP) is 3.12. The van der Waals surface area contributed by atoms with E-state index in [1.165, 1.54) is 0 Å². The number of hydrogen-bond donors (Lipinski definition) is 2. The summed E-state index contributed by atoms with van der Waals surface area (Å²) in [5.74, 6) is 0. The maximum Gasteiger partial charge on any atom is 0.319 e. The van der Waals surface area contributed by atoms with Crippen LogP contribution in [-0.2, 0) is 4.74 Å². The van der Waals surface area contributed by atoms with Gasteiger partial charge < -0.3 is 15.4 Å². The van der Waals surface area contributed by atoms with Gasteiger partial charge in [-0.05, 0) is 30.5 Å². The van der Waals surface area contributed by atoms with Crippen LogP contribution in [0.25, 0.3) is 0 Å². The summed E-state index contributed by atoms with van der Waals surface area (Å²) in [5, 5.41) is 5.83. The summed E-state index contributed by atoms with van der Waals surface area (Å²) in [4.78, 5) is 16.0. The van der Waals surface area contributed by atoms with Gasteiger partial charge in [-0.2, -0.15) is 0 Å². The average Bonchev–Trinajstić information content (AvgIpc) is 2.57. The summed E-state index contributed by atoms with van der Waals surface area (Å²) in [7, 11) is 0. The SMILES string of the molecule is O=C(Nc1ccncc1)N[C@@H]1CCO[C@H](c2ccccc2)C1. The number of carbonyl (C=O) groups excluding carboxylic acids is 1. The van der Waals surface area contributed by atoms with Crippen molar-refractivity contribution in [3.05, 3.63) is 60.4 Å². The molecule has 2 atom stereocenters. The second-order valence-electron chi connectivity index (χ2n) is 5.33. The number of carbonyl (C=O) groups is 1. The Morgan fingerprint density at radius 1 is 1.14 bits per heavy atom. The smallest absolute Gasteiger partial charge is 0.319 e. The van der Waals surface area contributed by atoms with Crippen molar-refractivity contribution in [3.8, 4) is 0 Å². The van der Waals surface area contributed by atoms with E-state index in [2.05, 4.69) is 27.8 Å². The first-order chi connectivity index (χ1) is 10.8. The van der Waals surface area contributed by atoms with Crippen LogP contribution in [0, 0.1) is 0 Å². The van der Waals surface area contributed by atoms with E-state index in [1.807, 2.05) is 18.2 Å². The molecule has 1 aromatic carbocycles. The monoisotopic (exact) mass is 297 g/mol. The second-order valence-corrected chi connectivity index (χ2v) is 5.33. The molecular weight excluding hydrogens is 278 g/mol. The molecule has 1 aliphatic rings. The molecule has 0 radical (unpaired) electrons. The van der Waals surface area contributed by atoms with Crippen LogP contribution in [0.15, 0.2) is 54.9 Å². The van der Waals surface area contributed by atoms with Gasteiger partial charge in [0.15, 0.2) is 0 Å². The molecule has 2 heterocycles. The quantitative estimate of drug-likeness (QED) is 0.915. The van der Waals surface area contributed by atoms with Crippen molar-refractivity contribution < 1.29 is 9.53 Å². The lowest BCUT2D eigenvalue weighted by atomic mass is 9.97. The highest BCUT2D eigenvalue weighted by Crippen LogP contribution is 2.27. The molecule has 114 valence electrons. The van der Waals surface area contributed by atoms with E-state index in [9.17, 15) is 4.79 Å². The van der Waals surface area contributed by atoms with Crippen LogP contribution in [0.4, 0.5) is 10.5 Å². The zero-order valence-corrected chi connectivity index (χ0v) is 12.2. The number of benzene rings is 1. The Labute approximate surface area is 129 Å². The first-order valence-corrected chi connectivity index (χ1v) is 7.45. The number of nitrogens with one attached hydrogen (secondary N) is 2. The van der Waals surface area contributed by atoms with Gasteiger partial charge in [0, 0.05) is 30.7 Å². The fourth-order valence-electron chi connectivity index (χ4n) is 2.62. The number of amides is 2. The van der Waals surface area contributed by atoms with Crippen LogP contribution in [0.5, 0.6) is 0 Å². The highest BCUT2D eigenvalue weighted by atomic mass is 16.5. The van der Waals surface area contributed by atoms with Gasteiger partial charge in [-0.15, -0.1) is 0 Å². The van der Waals surface area contributed by atoms with E-state index in [4.69, 9.17) is 4.74 Å². The Morgan fingerprint density at radius 3 is 2.68 bits per heavy atom. The number of ether oxygens (including phenoxy) is 1. The average molecular weight is 297 g/mol. The molecule has 2 aromatic rings. The minimum absolute atomic E-state index is 0.0428. The molecule has 1 aromatic heterocycles.